The summed E-state index contributed by atoms with van der Waals surface area (Å²) in [5.74, 6) is -0.0223. The van der Waals surface area contributed by atoms with Crippen LogP contribution in [0.15, 0.2) is 36.4 Å². The van der Waals surface area contributed by atoms with Gasteiger partial charge in [0.25, 0.3) is 11.6 Å². The number of anilines is 1. The summed E-state index contributed by atoms with van der Waals surface area (Å²) in [5.41, 5.74) is 2.17. The number of ether oxygens (including phenoxy) is 1. The van der Waals surface area contributed by atoms with Crippen molar-refractivity contribution in [2.24, 2.45) is 0 Å². The second-order valence-corrected chi connectivity index (χ2v) is 4.91. The number of nitro benzene ring substituents is 1. The Morgan fingerprint density at radius 2 is 1.91 bits per heavy atom. The molecule has 0 saturated heterocycles. The Bertz CT molecular complexity index is 741. The van der Waals surface area contributed by atoms with Gasteiger partial charge in [0.15, 0.2) is 0 Å². The zero-order chi connectivity index (χ0) is 16.3. The van der Waals surface area contributed by atoms with Crippen molar-refractivity contribution in [2.75, 3.05) is 12.4 Å². The molecule has 2 rings (SSSR count). The van der Waals surface area contributed by atoms with Crippen LogP contribution >= 0.6 is 0 Å². The molecule has 0 saturated carbocycles. The lowest BCUT2D eigenvalue weighted by molar-refractivity contribution is -0.384. The Balaban J connectivity index is 2.36. The van der Waals surface area contributed by atoms with Crippen LogP contribution < -0.4 is 10.1 Å². The molecule has 0 fully saturated rings. The number of amides is 1. The molecule has 2 aromatic carbocycles. The van der Waals surface area contributed by atoms with Crippen LogP contribution in [0.2, 0.25) is 0 Å². The quantitative estimate of drug-likeness (QED) is 0.692. The van der Waals surface area contributed by atoms with Gasteiger partial charge in [0.1, 0.15) is 11.4 Å². The minimum absolute atomic E-state index is 0.136. The van der Waals surface area contributed by atoms with E-state index in [4.69, 9.17) is 4.74 Å². The molecular weight excluding hydrogens is 284 g/mol. The lowest BCUT2D eigenvalue weighted by atomic mass is 10.0. The second-order valence-electron chi connectivity index (χ2n) is 4.91. The first kappa shape index (κ1) is 15.5. The van der Waals surface area contributed by atoms with E-state index in [9.17, 15) is 14.9 Å². The number of benzene rings is 2. The average molecular weight is 300 g/mol. The molecule has 0 atom stereocenters. The predicted octanol–water partition coefficient (Wildman–Crippen LogP) is 3.47. The molecule has 2 aromatic rings. The fraction of sp³-hybridized carbons (Fsp3) is 0.188. The van der Waals surface area contributed by atoms with Crippen molar-refractivity contribution < 1.29 is 14.5 Å². The van der Waals surface area contributed by atoms with E-state index in [0.29, 0.717) is 11.3 Å². The highest BCUT2D eigenvalue weighted by Crippen LogP contribution is 2.29. The van der Waals surface area contributed by atoms with Gasteiger partial charge >= 0.3 is 0 Å². The van der Waals surface area contributed by atoms with E-state index in [1.54, 1.807) is 12.1 Å². The SMILES string of the molecule is COc1ccc(NC(=O)c2cc(C)ccc2C)c([N+](=O)[O-])c1. The van der Waals surface area contributed by atoms with Gasteiger partial charge < -0.3 is 10.1 Å². The van der Waals surface area contributed by atoms with Gasteiger partial charge in [-0.15, -0.1) is 0 Å². The molecule has 0 aliphatic heterocycles. The third-order valence-electron chi connectivity index (χ3n) is 3.29. The molecule has 0 spiro atoms. The van der Waals surface area contributed by atoms with Gasteiger partial charge in [-0.25, -0.2) is 0 Å². The van der Waals surface area contributed by atoms with Crippen LogP contribution in [0.4, 0.5) is 11.4 Å². The number of nitrogens with zero attached hydrogens (tertiary/aromatic N) is 1. The Morgan fingerprint density at radius 1 is 1.18 bits per heavy atom. The molecule has 114 valence electrons. The van der Waals surface area contributed by atoms with E-state index in [0.717, 1.165) is 11.1 Å². The number of nitro groups is 1. The summed E-state index contributed by atoms with van der Waals surface area (Å²) < 4.78 is 4.97. The van der Waals surface area contributed by atoms with Gasteiger partial charge in [-0.2, -0.15) is 0 Å². The monoisotopic (exact) mass is 300 g/mol. The first-order valence-electron chi connectivity index (χ1n) is 6.63. The fourth-order valence-corrected chi connectivity index (χ4v) is 2.07. The summed E-state index contributed by atoms with van der Waals surface area (Å²) in [5, 5.41) is 13.7. The molecule has 0 aliphatic rings. The summed E-state index contributed by atoms with van der Waals surface area (Å²) in [4.78, 5) is 22.9. The molecule has 0 heterocycles. The Kier molecular flexibility index (Phi) is 4.41. The molecule has 0 radical (unpaired) electrons. The van der Waals surface area contributed by atoms with Gasteiger partial charge in [-0.3, -0.25) is 14.9 Å². The first-order chi connectivity index (χ1) is 10.4. The highest BCUT2D eigenvalue weighted by Gasteiger charge is 2.18. The zero-order valence-electron chi connectivity index (χ0n) is 12.5. The molecule has 0 aliphatic carbocycles. The third kappa shape index (κ3) is 3.22. The molecule has 0 bridgehead atoms. The van der Waals surface area contributed by atoms with Crippen LogP contribution in [0.1, 0.15) is 21.5 Å². The second kappa shape index (κ2) is 6.26. The third-order valence-corrected chi connectivity index (χ3v) is 3.29. The lowest BCUT2D eigenvalue weighted by Crippen LogP contribution is -2.14. The van der Waals surface area contributed by atoms with Gasteiger partial charge in [0.05, 0.1) is 18.1 Å². The molecule has 22 heavy (non-hydrogen) atoms. The van der Waals surface area contributed by atoms with E-state index in [1.807, 2.05) is 26.0 Å². The van der Waals surface area contributed by atoms with Crippen LogP contribution in [0.25, 0.3) is 0 Å². The van der Waals surface area contributed by atoms with Crippen molar-refractivity contribution in [1.82, 2.24) is 0 Å². The van der Waals surface area contributed by atoms with Gasteiger partial charge in [-0.05, 0) is 37.6 Å². The van der Waals surface area contributed by atoms with Gasteiger partial charge in [-0.1, -0.05) is 17.7 Å². The maximum absolute atomic E-state index is 12.4. The number of aryl methyl sites for hydroxylation is 2. The summed E-state index contributed by atoms with van der Waals surface area (Å²) in [6.07, 6.45) is 0. The van der Waals surface area contributed by atoms with Gasteiger partial charge in [0, 0.05) is 5.56 Å². The van der Waals surface area contributed by atoms with E-state index in [1.165, 1.54) is 19.2 Å². The first-order valence-corrected chi connectivity index (χ1v) is 6.63. The summed E-state index contributed by atoms with van der Waals surface area (Å²) in [7, 11) is 1.42. The van der Waals surface area contributed by atoms with Crippen molar-refractivity contribution in [1.29, 1.82) is 0 Å². The van der Waals surface area contributed by atoms with Crippen LogP contribution in [0.5, 0.6) is 5.75 Å². The number of carbonyl (C=O) groups excluding carboxylic acids is 1. The molecule has 6 heteroatoms. The number of hydrogen-bond acceptors (Lipinski definition) is 4. The van der Waals surface area contributed by atoms with E-state index >= 15 is 0 Å². The zero-order valence-corrected chi connectivity index (χ0v) is 12.5. The molecular formula is C16H16N2O4. The van der Waals surface area contributed by atoms with E-state index in [2.05, 4.69) is 5.32 Å². The van der Waals surface area contributed by atoms with Crippen molar-refractivity contribution in [3.05, 3.63) is 63.2 Å². The highest BCUT2D eigenvalue weighted by atomic mass is 16.6. The molecule has 0 aromatic heterocycles. The maximum Gasteiger partial charge on any atom is 0.296 e. The number of methoxy groups -OCH3 is 1. The molecule has 1 N–H and O–H groups in total. The van der Waals surface area contributed by atoms with Crippen LogP contribution in [-0.2, 0) is 0 Å². The minimum Gasteiger partial charge on any atom is -0.496 e. The number of rotatable bonds is 4. The minimum atomic E-state index is -0.554. The fourth-order valence-electron chi connectivity index (χ4n) is 2.07. The Labute approximate surface area is 127 Å². The maximum atomic E-state index is 12.4. The normalized spacial score (nSPS) is 10.1. The summed E-state index contributed by atoms with van der Waals surface area (Å²) in [6, 6.07) is 9.79. The van der Waals surface area contributed by atoms with Crippen molar-refractivity contribution in [3.63, 3.8) is 0 Å². The Hall–Kier alpha value is -2.89. The molecule has 6 nitrogen and oxygen atoms in total. The smallest absolute Gasteiger partial charge is 0.296 e. The average Bonchev–Trinajstić information content (AvgIpc) is 2.49. The van der Waals surface area contributed by atoms with Crippen molar-refractivity contribution in [3.8, 4) is 5.75 Å². The van der Waals surface area contributed by atoms with Crippen LogP contribution in [-0.4, -0.2) is 17.9 Å². The van der Waals surface area contributed by atoms with Crippen molar-refractivity contribution in [2.45, 2.75) is 13.8 Å². The number of nitrogens with one attached hydrogen (secondary N) is 1. The van der Waals surface area contributed by atoms with Gasteiger partial charge in [0.2, 0.25) is 0 Å². The van der Waals surface area contributed by atoms with Crippen LogP contribution in [0, 0.1) is 24.0 Å². The molecule has 0 unspecified atom stereocenters. The topological polar surface area (TPSA) is 81.5 Å². The van der Waals surface area contributed by atoms with Crippen molar-refractivity contribution >= 4 is 17.3 Å². The highest BCUT2D eigenvalue weighted by molar-refractivity contribution is 6.06. The van der Waals surface area contributed by atoms with E-state index < -0.39 is 4.92 Å². The lowest BCUT2D eigenvalue weighted by Gasteiger charge is -2.10. The number of carbonyl (C=O) groups is 1. The largest absolute Gasteiger partial charge is 0.496 e. The molecule has 1 amide bonds. The standard InChI is InChI=1S/C16H16N2O4/c1-10-4-5-11(2)13(8-10)16(19)17-14-7-6-12(22-3)9-15(14)18(20)21/h4-9H,1-3H3,(H,17,19). The van der Waals surface area contributed by atoms with Crippen LogP contribution in [0.3, 0.4) is 0 Å². The number of hydrogen-bond donors (Lipinski definition) is 1. The summed E-state index contributed by atoms with van der Waals surface area (Å²) in [6.45, 7) is 3.70. The summed E-state index contributed by atoms with van der Waals surface area (Å²) >= 11 is 0. The predicted molar refractivity (Wildman–Crippen MR) is 83.5 cm³/mol. The Morgan fingerprint density at radius 3 is 2.55 bits per heavy atom. The van der Waals surface area contributed by atoms with E-state index in [-0.39, 0.29) is 17.3 Å².